The van der Waals surface area contributed by atoms with Crippen molar-refractivity contribution in [2.24, 2.45) is 0 Å². The van der Waals surface area contributed by atoms with Crippen LogP contribution in [0.1, 0.15) is 38.8 Å². The summed E-state index contributed by atoms with van der Waals surface area (Å²) in [4.78, 5) is 25.0. The Balaban J connectivity index is 1.96. The lowest BCUT2D eigenvalue weighted by Crippen LogP contribution is -2.55. The van der Waals surface area contributed by atoms with Gasteiger partial charge in [0.2, 0.25) is 0 Å². The molecule has 1 aliphatic rings. The van der Waals surface area contributed by atoms with Crippen molar-refractivity contribution in [3.63, 3.8) is 0 Å². The minimum atomic E-state index is -1.92. The molecule has 11 heteroatoms. The topological polar surface area (TPSA) is 208 Å². The molecule has 0 spiro atoms. The van der Waals surface area contributed by atoms with Crippen LogP contribution >= 0.6 is 0 Å². The summed E-state index contributed by atoms with van der Waals surface area (Å²) in [6, 6.07) is 5.63. The smallest absolute Gasteiger partial charge is 0.173 e. The molecule has 0 amide bonds. The van der Waals surface area contributed by atoms with Gasteiger partial charge in [-0.1, -0.05) is 5.75 Å². The van der Waals surface area contributed by atoms with Gasteiger partial charge in [0.1, 0.15) is 47.8 Å². The van der Waals surface area contributed by atoms with Crippen LogP contribution in [0, 0.1) is 0 Å². The van der Waals surface area contributed by atoms with Crippen LogP contribution in [0.3, 0.4) is 0 Å². The van der Waals surface area contributed by atoms with Crippen molar-refractivity contribution >= 4 is 11.6 Å². The fourth-order valence-corrected chi connectivity index (χ4v) is 3.51. The SMILES string of the molecule is O=C(CC(=O)c1c(O)cc(O)c([C@@H]2O[C@H](CO)[C@@H](O)[C@H](O)[C@H]2O)c1[O-])c1ccc(O)cc1. The van der Waals surface area contributed by atoms with Gasteiger partial charge < -0.3 is 45.6 Å². The number of aliphatic hydroxyl groups excluding tert-OH is 4. The van der Waals surface area contributed by atoms with Gasteiger partial charge in [0.25, 0.3) is 0 Å². The Bertz CT molecular complexity index is 1020. The summed E-state index contributed by atoms with van der Waals surface area (Å²) in [6.07, 6.45) is -9.46. The van der Waals surface area contributed by atoms with Crippen LogP contribution in [-0.2, 0) is 4.74 Å². The third-order valence-electron chi connectivity index (χ3n) is 5.24. The van der Waals surface area contributed by atoms with Crippen molar-refractivity contribution in [3.05, 3.63) is 47.0 Å². The number of carbonyl (C=O) groups is 2. The van der Waals surface area contributed by atoms with Gasteiger partial charge in [-0.3, -0.25) is 9.59 Å². The molecule has 0 radical (unpaired) electrons. The van der Waals surface area contributed by atoms with Gasteiger partial charge in [0.15, 0.2) is 11.6 Å². The average Bonchev–Trinajstić information content (AvgIpc) is 2.73. The first kappa shape index (κ1) is 23.4. The number of ketones is 2. The average molecular weight is 449 g/mol. The molecule has 172 valence electrons. The number of phenolic OH excluding ortho intramolecular Hbond substituents is 3. The Kier molecular flexibility index (Phi) is 6.67. The van der Waals surface area contributed by atoms with E-state index in [1.807, 2.05) is 0 Å². The van der Waals surface area contributed by atoms with Gasteiger partial charge in [0, 0.05) is 17.2 Å². The number of carbonyl (C=O) groups excluding carboxylic acids is 2. The number of aliphatic hydroxyl groups is 4. The van der Waals surface area contributed by atoms with E-state index in [0.717, 1.165) is 0 Å². The van der Waals surface area contributed by atoms with E-state index in [-0.39, 0.29) is 11.3 Å². The number of rotatable bonds is 6. The van der Waals surface area contributed by atoms with E-state index >= 15 is 0 Å². The second-order valence-corrected chi connectivity index (χ2v) is 7.35. The lowest BCUT2D eigenvalue weighted by molar-refractivity contribution is -0.277. The number of phenols is 3. The zero-order valence-corrected chi connectivity index (χ0v) is 16.5. The van der Waals surface area contributed by atoms with Crippen molar-refractivity contribution in [1.29, 1.82) is 0 Å². The van der Waals surface area contributed by atoms with E-state index in [1.165, 1.54) is 24.3 Å². The fourth-order valence-electron chi connectivity index (χ4n) is 3.51. The molecular formula is C21H21O11-. The van der Waals surface area contributed by atoms with Crippen molar-refractivity contribution in [3.8, 4) is 23.0 Å². The molecule has 3 rings (SSSR count). The largest absolute Gasteiger partial charge is 0.872 e. The fraction of sp³-hybridized carbons (Fsp3) is 0.333. The number of hydrogen-bond donors (Lipinski definition) is 7. The normalized spacial score (nSPS) is 25.4. The van der Waals surface area contributed by atoms with Gasteiger partial charge in [-0.25, -0.2) is 0 Å². The molecule has 2 aromatic carbocycles. The summed E-state index contributed by atoms with van der Waals surface area (Å²) in [5, 5.41) is 81.9. The Morgan fingerprint density at radius 1 is 0.906 bits per heavy atom. The second kappa shape index (κ2) is 9.10. The molecule has 0 unspecified atom stereocenters. The molecule has 5 atom stereocenters. The van der Waals surface area contributed by atoms with Crippen LogP contribution in [0.4, 0.5) is 0 Å². The maximum atomic E-state index is 13.0. The van der Waals surface area contributed by atoms with Crippen molar-refractivity contribution in [1.82, 2.24) is 0 Å². The minimum absolute atomic E-state index is 0.0658. The molecule has 1 aliphatic heterocycles. The van der Waals surface area contributed by atoms with Crippen LogP contribution in [0.2, 0.25) is 0 Å². The Labute approximate surface area is 181 Å². The summed E-state index contributed by atoms with van der Waals surface area (Å²) in [6.45, 7) is -0.790. The zero-order valence-electron chi connectivity index (χ0n) is 16.5. The molecular weight excluding hydrogens is 428 g/mol. The molecule has 1 heterocycles. The maximum Gasteiger partial charge on any atom is 0.173 e. The molecule has 1 fully saturated rings. The maximum absolute atomic E-state index is 13.0. The Hall–Kier alpha value is -3.22. The lowest BCUT2D eigenvalue weighted by Gasteiger charge is -2.41. The Morgan fingerprint density at radius 3 is 2.12 bits per heavy atom. The van der Waals surface area contributed by atoms with Crippen molar-refractivity contribution in [2.75, 3.05) is 6.61 Å². The third kappa shape index (κ3) is 4.24. The molecule has 0 aromatic heterocycles. The predicted octanol–water partition coefficient (Wildman–Crippen LogP) is -1.15. The summed E-state index contributed by atoms with van der Waals surface area (Å²) < 4.78 is 5.26. The zero-order chi connectivity index (χ0) is 23.7. The van der Waals surface area contributed by atoms with Gasteiger partial charge in [-0.2, -0.15) is 0 Å². The lowest BCUT2D eigenvalue weighted by atomic mass is 9.88. The summed E-state index contributed by atoms with van der Waals surface area (Å²) in [5.74, 6) is -4.93. The number of hydrogen-bond acceptors (Lipinski definition) is 11. The van der Waals surface area contributed by atoms with E-state index in [4.69, 9.17) is 4.74 Å². The van der Waals surface area contributed by atoms with Gasteiger partial charge in [0.05, 0.1) is 18.6 Å². The predicted molar refractivity (Wildman–Crippen MR) is 103 cm³/mol. The van der Waals surface area contributed by atoms with Gasteiger partial charge >= 0.3 is 0 Å². The van der Waals surface area contributed by atoms with E-state index in [9.17, 15) is 50.4 Å². The molecule has 1 saturated heterocycles. The van der Waals surface area contributed by atoms with E-state index in [0.29, 0.717) is 6.07 Å². The number of benzene rings is 2. The van der Waals surface area contributed by atoms with E-state index in [1.54, 1.807) is 0 Å². The summed E-state index contributed by atoms with van der Waals surface area (Å²) in [5.41, 5.74) is -1.47. The highest BCUT2D eigenvalue weighted by Gasteiger charge is 2.45. The minimum Gasteiger partial charge on any atom is -0.872 e. The highest BCUT2D eigenvalue weighted by molar-refractivity contribution is 6.15. The molecule has 0 saturated carbocycles. The molecule has 0 aliphatic carbocycles. The highest BCUT2D eigenvalue weighted by atomic mass is 16.5. The molecule has 32 heavy (non-hydrogen) atoms. The second-order valence-electron chi connectivity index (χ2n) is 7.35. The number of aromatic hydroxyl groups is 3. The monoisotopic (exact) mass is 449 g/mol. The molecule has 2 aromatic rings. The number of ether oxygens (including phenoxy) is 1. The standard InChI is InChI=1S/C21H22O11/c22-7-14-17(28)19(30)20(31)21(32-14)16-13(27)6-12(26)15(18(16)29)11(25)5-10(24)8-1-3-9(23)4-2-8/h1-4,6,14,17,19-23,26-31H,5,7H2/p-1/t14-,17-,19+,20-,21+/m1/s1. The van der Waals surface area contributed by atoms with Crippen LogP contribution in [-0.4, -0.2) is 78.3 Å². The highest BCUT2D eigenvalue weighted by Crippen LogP contribution is 2.45. The molecule has 0 bridgehead atoms. The van der Waals surface area contributed by atoms with E-state index in [2.05, 4.69) is 0 Å². The summed E-state index contributed by atoms with van der Waals surface area (Å²) in [7, 11) is 0. The van der Waals surface area contributed by atoms with Crippen molar-refractivity contribution < 1.29 is 55.2 Å². The first-order valence-electron chi connectivity index (χ1n) is 9.48. The van der Waals surface area contributed by atoms with Crippen LogP contribution < -0.4 is 5.11 Å². The molecule has 7 N–H and O–H groups in total. The van der Waals surface area contributed by atoms with Crippen LogP contribution in [0.25, 0.3) is 0 Å². The van der Waals surface area contributed by atoms with Gasteiger partial charge in [-0.05, 0) is 24.3 Å². The van der Waals surface area contributed by atoms with Crippen LogP contribution in [0.5, 0.6) is 23.0 Å². The Morgan fingerprint density at radius 2 is 1.53 bits per heavy atom. The van der Waals surface area contributed by atoms with Gasteiger partial charge in [-0.15, -0.1) is 0 Å². The number of Topliss-reactive ketones (excluding diaryl/α,β-unsaturated/α-hetero) is 2. The first-order valence-corrected chi connectivity index (χ1v) is 9.48. The summed E-state index contributed by atoms with van der Waals surface area (Å²) >= 11 is 0. The third-order valence-corrected chi connectivity index (χ3v) is 5.24. The van der Waals surface area contributed by atoms with Crippen molar-refractivity contribution in [2.45, 2.75) is 36.9 Å². The van der Waals surface area contributed by atoms with E-state index < -0.39 is 83.5 Å². The quantitative estimate of drug-likeness (QED) is 0.207. The molecule has 11 nitrogen and oxygen atoms in total. The first-order chi connectivity index (χ1) is 15.1. The van der Waals surface area contributed by atoms with Crippen LogP contribution in [0.15, 0.2) is 30.3 Å².